The van der Waals surface area contributed by atoms with Crippen molar-refractivity contribution in [1.82, 2.24) is 0 Å². The molecule has 4 nitrogen and oxygen atoms in total. The van der Waals surface area contributed by atoms with Crippen molar-refractivity contribution in [3.8, 4) is 0 Å². The van der Waals surface area contributed by atoms with E-state index in [0.717, 1.165) is 19.3 Å². The molecule has 0 amide bonds. The molecule has 7 atom stereocenters. The molecule has 34 heavy (non-hydrogen) atoms. The molecular weight excluding hydrogens is 424 g/mol. The third-order valence-corrected chi connectivity index (χ3v) is 11.8. The number of carbonyl (C=O) groups excluding carboxylic acids is 2. The minimum atomic E-state index is -0.142. The van der Waals surface area contributed by atoms with Crippen molar-refractivity contribution in [2.75, 3.05) is 7.11 Å². The third-order valence-electron chi connectivity index (χ3n) is 11.8. The van der Waals surface area contributed by atoms with Gasteiger partial charge in [-0.2, -0.15) is 0 Å². The van der Waals surface area contributed by atoms with E-state index in [1.165, 1.54) is 45.6 Å². The van der Waals surface area contributed by atoms with Gasteiger partial charge in [0.25, 0.3) is 0 Å². The Kier molecular flexibility index (Phi) is 6.56. The zero-order chi connectivity index (χ0) is 25.1. The maximum absolute atomic E-state index is 11.8. The summed E-state index contributed by atoms with van der Waals surface area (Å²) < 4.78 is 10.8. The molecule has 0 N–H and O–H groups in total. The van der Waals surface area contributed by atoms with Crippen molar-refractivity contribution >= 4 is 11.9 Å². The number of ether oxygens (including phenoxy) is 2. The molecule has 0 aromatic rings. The van der Waals surface area contributed by atoms with Crippen molar-refractivity contribution in [3.63, 3.8) is 0 Å². The smallest absolute Gasteiger partial charge is 0.305 e. The zero-order valence-corrected chi connectivity index (χ0v) is 23.0. The van der Waals surface area contributed by atoms with E-state index >= 15 is 0 Å². The predicted molar refractivity (Wildman–Crippen MR) is 135 cm³/mol. The fraction of sp³-hybridized carbons (Fsp3) is 0.867. The van der Waals surface area contributed by atoms with Gasteiger partial charge in [-0.25, -0.2) is 0 Å². The average molecular weight is 473 g/mol. The van der Waals surface area contributed by atoms with E-state index in [1.54, 1.807) is 18.1 Å². The standard InChI is InChI=1S/C30H48O4/c1-19(9-12-26(32)33-8)21-13-17-30(7)23-10-11-24-27(3,4)25(34-20(2)31)15-16-28(24,5)22(23)14-18-29(21,30)6/h19,21,24-25H,9-18H2,1-8H3/t19-,21+,24+,25+,28-,29+,30-/m1/s1. The first-order valence-electron chi connectivity index (χ1n) is 13.8. The molecule has 4 aliphatic carbocycles. The Hall–Kier alpha value is -1.32. The molecular formula is C30H48O4. The maximum atomic E-state index is 11.8. The first kappa shape index (κ1) is 25.8. The first-order valence-corrected chi connectivity index (χ1v) is 13.8. The number of hydrogen-bond donors (Lipinski definition) is 0. The number of esters is 2. The number of methoxy groups -OCH3 is 1. The summed E-state index contributed by atoms with van der Waals surface area (Å²) in [7, 11) is 1.49. The van der Waals surface area contributed by atoms with E-state index in [1.807, 2.05) is 0 Å². The van der Waals surface area contributed by atoms with Crippen LogP contribution in [-0.2, 0) is 19.1 Å². The van der Waals surface area contributed by atoms with Gasteiger partial charge in [0.1, 0.15) is 6.10 Å². The molecule has 4 heteroatoms. The van der Waals surface area contributed by atoms with Crippen LogP contribution in [0.5, 0.6) is 0 Å². The van der Waals surface area contributed by atoms with Crippen LogP contribution < -0.4 is 0 Å². The van der Waals surface area contributed by atoms with Crippen LogP contribution >= 0.6 is 0 Å². The van der Waals surface area contributed by atoms with E-state index in [4.69, 9.17) is 9.47 Å². The first-order chi connectivity index (χ1) is 15.8. The Morgan fingerprint density at radius 1 is 0.971 bits per heavy atom. The van der Waals surface area contributed by atoms with Crippen LogP contribution in [0.2, 0.25) is 0 Å². The highest BCUT2D eigenvalue weighted by Gasteiger charge is 2.63. The second-order valence-electron chi connectivity index (χ2n) is 13.4. The van der Waals surface area contributed by atoms with Crippen molar-refractivity contribution in [3.05, 3.63) is 11.1 Å². The highest BCUT2D eigenvalue weighted by atomic mass is 16.5. The van der Waals surface area contributed by atoms with Crippen molar-refractivity contribution in [1.29, 1.82) is 0 Å². The number of allylic oxidation sites excluding steroid dienone is 2. The Labute approximate surface area is 207 Å². The molecule has 0 saturated heterocycles. The lowest BCUT2D eigenvalue weighted by molar-refractivity contribution is -0.167. The van der Waals surface area contributed by atoms with E-state index in [2.05, 4.69) is 41.5 Å². The molecule has 4 rings (SSSR count). The molecule has 0 unspecified atom stereocenters. The van der Waals surface area contributed by atoms with Crippen LogP contribution in [0.15, 0.2) is 11.1 Å². The monoisotopic (exact) mass is 472 g/mol. The van der Waals surface area contributed by atoms with Gasteiger partial charge in [-0.1, -0.05) is 52.7 Å². The van der Waals surface area contributed by atoms with Gasteiger partial charge in [0, 0.05) is 18.8 Å². The lowest BCUT2D eigenvalue weighted by atomic mass is 9.43. The minimum Gasteiger partial charge on any atom is -0.469 e. The zero-order valence-electron chi connectivity index (χ0n) is 23.0. The van der Waals surface area contributed by atoms with Gasteiger partial charge < -0.3 is 9.47 Å². The molecule has 0 aromatic carbocycles. The summed E-state index contributed by atoms with van der Waals surface area (Å²) >= 11 is 0. The molecule has 2 fully saturated rings. The summed E-state index contributed by atoms with van der Waals surface area (Å²) in [5.41, 5.74) is 4.32. The highest BCUT2D eigenvalue weighted by molar-refractivity contribution is 5.69. The largest absolute Gasteiger partial charge is 0.469 e. The number of rotatable bonds is 5. The topological polar surface area (TPSA) is 52.6 Å². The molecule has 0 bridgehead atoms. The second-order valence-corrected chi connectivity index (χ2v) is 13.4. The van der Waals surface area contributed by atoms with E-state index in [0.29, 0.717) is 29.6 Å². The van der Waals surface area contributed by atoms with E-state index < -0.39 is 0 Å². The van der Waals surface area contributed by atoms with Gasteiger partial charge in [0.05, 0.1) is 7.11 Å². The van der Waals surface area contributed by atoms with E-state index in [9.17, 15) is 9.59 Å². The van der Waals surface area contributed by atoms with Gasteiger partial charge in [-0.05, 0) is 91.8 Å². The average Bonchev–Trinajstić information content (AvgIpc) is 3.05. The molecule has 0 aromatic heterocycles. The summed E-state index contributed by atoms with van der Waals surface area (Å²) in [5.74, 6) is 1.54. The van der Waals surface area contributed by atoms with Gasteiger partial charge in [0.15, 0.2) is 0 Å². The van der Waals surface area contributed by atoms with Crippen LogP contribution in [0, 0.1) is 39.4 Å². The van der Waals surface area contributed by atoms with Crippen LogP contribution in [0.3, 0.4) is 0 Å². The van der Waals surface area contributed by atoms with Crippen molar-refractivity contribution < 1.29 is 19.1 Å². The number of fused-ring (bicyclic) bond motifs is 4. The molecule has 4 aliphatic rings. The van der Waals surface area contributed by atoms with Gasteiger partial charge in [-0.3, -0.25) is 9.59 Å². The van der Waals surface area contributed by atoms with Crippen LogP contribution in [-0.4, -0.2) is 25.2 Å². The van der Waals surface area contributed by atoms with Gasteiger partial charge in [-0.15, -0.1) is 0 Å². The molecule has 2 saturated carbocycles. The Balaban J connectivity index is 1.63. The second kappa shape index (κ2) is 8.66. The third kappa shape index (κ3) is 3.68. The van der Waals surface area contributed by atoms with Crippen molar-refractivity contribution in [2.24, 2.45) is 39.4 Å². The predicted octanol–water partition coefficient (Wildman–Crippen LogP) is 7.26. The Morgan fingerprint density at radius 3 is 2.32 bits per heavy atom. The maximum Gasteiger partial charge on any atom is 0.305 e. The molecule has 0 heterocycles. The SMILES string of the molecule is COC(=O)CC[C@@H](C)[C@@H]1CC[C@]2(C)C3=C(CC[C@@]12C)[C@@]1(C)CC[C@H](OC(C)=O)C(C)(C)[C@@H]1CC3. The molecule has 0 aliphatic heterocycles. The van der Waals surface area contributed by atoms with Crippen LogP contribution in [0.25, 0.3) is 0 Å². The van der Waals surface area contributed by atoms with Gasteiger partial charge in [0.2, 0.25) is 0 Å². The normalized spacial score (nSPS) is 41.7. The Morgan fingerprint density at radius 2 is 1.68 bits per heavy atom. The number of hydrogen-bond acceptors (Lipinski definition) is 4. The summed E-state index contributed by atoms with van der Waals surface area (Å²) in [4.78, 5) is 23.6. The molecule has 0 spiro atoms. The number of carbonyl (C=O) groups is 2. The quantitative estimate of drug-likeness (QED) is 0.312. The van der Waals surface area contributed by atoms with Crippen LogP contribution in [0.4, 0.5) is 0 Å². The summed E-state index contributed by atoms with van der Waals surface area (Å²) in [6.45, 7) is 16.3. The Bertz CT molecular complexity index is 871. The minimum absolute atomic E-state index is 0.000529. The lowest BCUT2D eigenvalue weighted by Crippen LogP contribution is -2.55. The summed E-state index contributed by atoms with van der Waals surface area (Å²) in [6.07, 6.45) is 11.0. The molecule has 192 valence electrons. The fourth-order valence-electron chi connectivity index (χ4n) is 9.68. The highest BCUT2D eigenvalue weighted by Crippen LogP contribution is 2.72. The van der Waals surface area contributed by atoms with Crippen LogP contribution in [0.1, 0.15) is 113 Å². The fourth-order valence-corrected chi connectivity index (χ4v) is 9.68. The summed E-state index contributed by atoms with van der Waals surface area (Å²) in [5, 5.41) is 0. The van der Waals surface area contributed by atoms with Crippen molar-refractivity contribution in [2.45, 2.75) is 119 Å². The van der Waals surface area contributed by atoms with Gasteiger partial charge >= 0.3 is 11.9 Å². The summed E-state index contributed by atoms with van der Waals surface area (Å²) in [6, 6.07) is 0. The van der Waals surface area contributed by atoms with E-state index in [-0.39, 0.29) is 34.3 Å². The molecule has 0 radical (unpaired) electrons. The lowest BCUT2D eigenvalue weighted by Gasteiger charge is -2.62.